The van der Waals surface area contributed by atoms with Crippen LogP contribution in [0, 0.1) is 18.6 Å². The molecule has 1 saturated heterocycles. The third kappa shape index (κ3) is 4.89. The normalized spacial score (nSPS) is 15.8. The van der Waals surface area contributed by atoms with Crippen molar-refractivity contribution >= 4 is 32.5 Å². The molecular formula is C25H25F2N5O3S. The largest absolute Gasteiger partial charge is 0.496 e. The van der Waals surface area contributed by atoms with Gasteiger partial charge in [-0.25, -0.2) is 22.2 Å². The third-order valence-electron chi connectivity index (χ3n) is 6.31. The third-order valence-corrected chi connectivity index (χ3v) is 7.92. The molecule has 0 atom stereocenters. The van der Waals surface area contributed by atoms with E-state index in [0.717, 1.165) is 17.0 Å². The van der Waals surface area contributed by atoms with Gasteiger partial charge < -0.3 is 14.6 Å². The molecule has 2 aromatic heterocycles. The number of ether oxygens (including phenoxy) is 1. The number of hydrogen-bond acceptors (Lipinski definition) is 7. The summed E-state index contributed by atoms with van der Waals surface area (Å²) in [6, 6.07) is 9.93. The van der Waals surface area contributed by atoms with Gasteiger partial charge in [0.25, 0.3) is 0 Å². The Balaban J connectivity index is 1.42. The lowest BCUT2D eigenvalue weighted by Gasteiger charge is -2.26. The Morgan fingerprint density at radius 1 is 1.08 bits per heavy atom. The molecule has 0 unspecified atom stereocenters. The van der Waals surface area contributed by atoms with Crippen LogP contribution in [0.15, 0.2) is 48.8 Å². The molecule has 2 aromatic carbocycles. The number of nitrogens with zero attached hydrogens (tertiary/aromatic N) is 4. The number of nitrogens with one attached hydrogen (secondary N) is 1. The molecule has 8 nitrogen and oxygen atoms in total. The van der Waals surface area contributed by atoms with Crippen molar-refractivity contribution in [1.29, 1.82) is 0 Å². The molecule has 3 heterocycles. The molecule has 0 amide bonds. The SMILES string of the molecule is COc1cc(Nc2ncc3ccn(-c4cc(F)c(CN5CCS(=O)(=O)CC5)c(F)c4)c3n2)ccc1C. The van der Waals surface area contributed by atoms with Crippen molar-refractivity contribution in [3.63, 3.8) is 0 Å². The Morgan fingerprint density at radius 3 is 2.50 bits per heavy atom. The lowest BCUT2D eigenvalue weighted by molar-refractivity contribution is 0.278. The number of halogens is 2. The molecule has 1 N–H and O–H groups in total. The number of benzene rings is 2. The average molecular weight is 514 g/mol. The fourth-order valence-corrected chi connectivity index (χ4v) is 5.50. The predicted octanol–water partition coefficient (Wildman–Crippen LogP) is 3.99. The lowest BCUT2D eigenvalue weighted by atomic mass is 10.1. The number of fused-ring (bicyclic) bond motifs is 1. The van der Waals surface area contributed by atoms with E-state index < -0.39 is 21.5 Å². The number of aromatic nitrogens is 3. The van der Waals surface area contributed by atoms with Gasteiger partial charge in [0.05, 0.1) is 24.3 Å². The summed E-state index contributed by atoms with van der Waals surface area (Å²) in [6.07, 6.45) is 3.32. The first kappa shape index (κ1) is 24.1. The van der Waals surface area contributed by atoms with Gasteiger partial charge in [-0.15, -0.1) is 0 Å². The van der Waals surface area contributed by atoms with E-state index in [1.807, 2.05) is 25.1 Å². The molecule has 4 aromatic rings. The Kier molecular flexibility index (Phi) is 6.35. The second kappa shape index (κ2) is 9.47. The van der Waals surface area contributed by atoms with Crippen LogP contribution in [0.3, 0.4) is 0 Å². The van der Waals surface area contributed by atoms with Crippen LogP contribution < -0.4 is 10.1 Å². The summed E-state index contributed by atoms with van der Waals surface area (Å²) >= 11 is 0. The lowest BCUT2D eigenvalue weighted by Crippen LogP contribution is -2.40. The maximum atomic E-state index is 15.0. The van der Waals surface area contributed by atoms with Crippen LogP contribution in [0.4, 0.5) is 20.4 Å². The molecule has 5 rings (SSSR count). The fourth-order valence-electron chi connectivity index (χ4n) is 4.23. The summed E-state index contributed by atoms with van der Waals surface area (Å²) in [5.74, 6) is -0.351. The molecule has 0 spiro atoms. The molecule has 0 bridgehead atoms. The Labute approximate surface area is 207 Å². The fraction of sp³-hybridized carbons (Fsp3) is 0.280. The van der Waals surface area contributed by atoms with E-state index in [0.29, 0.717) is 17.0 Å². The summed E-state index contributed by atoms with van der Waals surface area (Å²) < 4.78 is 60.3. The van der Waals surface area contributed by atoms with Crippen molar-refractivity contribution < 1.29 is 21.9 Å². The second-order valence-corrected chi connectivity index (χ2v) is 11.1. The van der Waals surface area contributed by atoms with Crippen molar-refractivity contribution in [1.82, 2.24) is 19.4 Å². The average Bonchev–Trinajstić information content (AvgIpc) is 3.27. The molecule has 11 heteroatoms. The maximum absolute atomic E-state index is 15.0. The highest BCUT2D eigenvalue weighted by molar-refractivity contribution is 7.91. The quantitative estimate of drug-likeness (QED) is 0.417. The van der Waals surface area contributed by atoms with Gasteiger partial charge in [0, 0.05) is 54.7 Å². The van der Waals surface area contributed by atoms with E-state index in [9.17, 15) is 8.42 Å². The minimum atomic E-state index is -3.07. The number of methoxy groups -OCH3 is 1. The highest BCUT2D eigenvalue weighted by Gasteiger charge is 2.24. The molecule has 0 saturated carbocycles. The minimum absolute atomic E-state index is 0.00484. The van der Waals surface area contributed by atoms with E-state index in [1.165, 1.54) is 12.1 Å². The van der Waals surface area contributed by atoms with E-state index >= 15 is 8.78 Å². The van der Waals surface area contributed by atoms with Gasteiger partial charge in [-0.3, -0.25) is 4.90 Å². The second-order valence-electron chi connectivity index (χ2n) is 8.78. The number of rotatable bonds is 6. The molecular weight excluding hydrogens is 488 g/mol. The zero-order valence-corrected chi connectivity index (χ0v) is 20.6. The van der Waals surface area contributed by atoms with Crippen LogP contribution in [-0.2, 0) is 16.4 Å². The van der Waals surface area contributed by atoms with Crippen molar-refractivity contribution in [2.24, 2.45) is 0 Å². The van der Waals surface area contributed by atoms with Gasteiger partial charge in [0.1, 0.15) is 23.0 Å². The molecule has 0 radical (unpaired) electrons. The molecule has 36 heavy (non-hydrogen) atoms. The molecule has 1 fully saturated rings. The first-order valence-electron chi connectivity index (χ1n) is 11.4. The highest BCUT2D eigenvalue weighted by atomic mass is 32.2. The van der Waals surface area contributed by atoms with Gasteiger partial charge in [-0.1, -0.05) is 6.07 Å². The zero-order chi connectivity index (χ0) is 25.4. The van der Waals surface area contributed by atoms with Crippen LogP contribution in [0.25, 0.3) is 16.7 Å². The summed E-state index contributed by atoms with van der Waals surface area (Å²) in [7, 11) is -1.47. The predicted molar refractivity (Wildman–Crippen MR) is 134 cm³/mol. The summed E-state index contributed by atoms with van der Waals surface area (Å²) in [5, 5.41) is 3.85. The number of sulfone groups is 1. The number of hydrogen-bond donors (Lipinski definition) is 1. The topological polar surface area (TPSA) is 89.4 Å². The van der Waals surface area contributed by atoms with Crippen LogP contribution in [0.2, 0.25) is 0 Å². The van der Waals surface area contributed by atoms with Gasteiger partial charge in [0.2, 0.25) is 5.95 Å². The zero-order valence-electron chi connectivity index (χ0n) is 19.8. The van der Waals surface area contributed by atoms with Crippen molar-refractivity contribution in [3.05, 3.63) is 71.6 Å². The van der Waals surface area contributed by atoms with E-state index in [2.05, 4.69) is 15.3 Å². The van der Waals surface area contributed by atoms with Crippen LogP contribution in [0.1, 0.15) is 11.1 Å². The van der Waals surface area contributed by atoms with E-state index in [-0.39, 0.29) is 42.4 Å². The van der Waals surface area contributed by atoms with Crippen molar-refractivity contribution in [3.8, 4) is 11.4 Å². The monoisotopic (exact) mass is 513 g/mol. The summed E-state index contributed by atoms with van der Waals surface area (Å²) in [4.78, 5) is 10.7. The number of aryl methyl sites for hydroxylation is 1. The summed E-state index contributed by atoms with van der Waals surface area (Å²) in [6.45, 7) is 2.46. The Hall–Kier alpha value is -3.57. The van der Waals surface area contributed by atoms with E-state index in [1.54, 1.807) is 35.0 Å². The smallest absolute Gasteiger partial charge is 0.229 e. The van der Waals surface area contributed by atoms with Gasteiger partial charge in [-0.05, 0) is 36.8 Å². The maximum Gasteiger partial charge on any atom is 0.229 e. The van der Waals surface area contributed by atoms with Crippen molar-refractivity contribution in [2.45, 2.75) is 13.5 Å². The molecule has 1 aliphatic rings. The van der Waals surface area contributed by atoms with E-state index in [4.69, 9.17) is 4.74 Å². The van der Waals surface area contributed by atoms with Crippen LogP contribution >= 0.6 is 0 Å². The molecule has 0 aliphatic carbocycles. The standard InChI is InChI=1S/C25H25F2N5O3S/c1-16-3-4-18(11-23(16)35-2)29-25-28-14-17-5-6-32(24(17)30-25)19-12-21(26)20(22(27)13-19)15-31-7-9-36(33,34)10-8-31/h3-6,11-14H,7-10,15H2,1-2H3,(H,28,29,30). The minimum Gasteiger partial charge on any atom is -0.496 e. The van der Waals surface area contributed by atoms with Crippen LogP contribution in [-0.4, -0.2) is 59.6 Å². The number of anilines is 2. The first-order chi connectivity index (χ1) is 17.2. The van der Waals surface area contributed by atoms with Crippen molar-refractivity contribution in [2.75, 3.05) is 37.0 Å². The highest BCUT2D eigenvalue weighted by Crippen LogP contribution is 2.27. The molecule has 188 valence electrons. The van der Waals surface area contributed by atoms with Gasteiger partial charge >= 0.3 is 0 Å². The van der Waals surface area contributed by atoms with Crippen LogP contribution in [0.5, 0.6) is 5.75 Å². The summed E-state index contributed by atoms with van der Waals surface area (Å²) in [5.41, 5.74) is 2.42. The molecule has 1 aliphatic heterocycles. The van der Waals surface area contributed by atoms with Gasteiger partial charge in [0.15, 0.2) is 9.84 Å². The Bertz CT molecular complexity index is 1520. The first-order valence-corrected chi connectivity index (χ1v) is 13.2. The Morgan fingerprint density at radius 2 is 1.81 bits per heavy atom. The van der Waals surface area contributed by atoms with Gasteiger partial charge in [-0.2, -0.15) is 4.98 Å².